The quantitative estimate of drug-likeness (QED) is 0.345. The summed E-state index contributed by atoms with van der Waals surface area (Å²) in [5.74, 6) is 0.542. The van der Waals surface area contributed by atoms with E-state index >= 15 is 0 Å². The van der Waals surface area contributed by atoms with Gasteiger partial charge in [0.25, 0.3) is 0 Å². The number of hydrogen-bond acceptors (Lipinski definition) is 8. The van der Waals surface area contributed by atoms with Crippen molar-refractivity contribution in [1.82, 2.24) is 15.2 Å². The first-order valence-corrected chi connectivity index (χ1v) is 11.9. The molecule has 1 aromatic heterocycles. The van der Waals surface area contributed by atoms with Crippen molar-refractivity contribution in [3.8, 4) is 22.9 Å². The van der Waals surface area contributed by atoms with Gasteiger partial charge < -0.3 is 19.9 Å². The summed E-state index contributed by atoms with van der Waals surface area (Å²) in [4.78, 5) is 15.4. The molecule has 5 rings (SSSR count). The van der Waals surface area contributed by atoms with E-state index in [0.717, 1.165) is 22.6 Å². The molecule has 0 saturated carbocycles. The van der Waals surface area contributed by atoms with Gasteiger partial charge >= 0.3 is 5.97 Å². The van der Waals surface area contributed by atoms with E-state index in [1.165, 1.54) is 22.9 Å². The number of anilines is 1. The monoisotopic (exact) mass is 486 g/mol. The van der Waals surface area contributed by atoms with Crippen molar-refractivity contribution < 1.29 is 19.4 Å². The number of nitrogens with one attached hydrogen (secondary N) is 1. The summed E-state index contributed by atoms with van der Waals surface area (Å²) >= 11 is 1.50. The van der Waals surface area contributed by atoms with Gasteiger partial charge in [0.05, 0.1) is 0 Å². The Morgan fingerprint density at radius 2 is 1.83 bits per heavy atom. The van der Waals surface area contributed by atoms with Crippen LogP contribution in [0.2, 0.25) is 0 Å². The van der Waals surface area contributed by atoms with E-state index in [2.05, 4.69) is 51.7 Å². The SMILES string of the molecule is Cc1ccc(CSc2nnc3c(n2)O[C@@H](c2ccc(OCC(=O)O)cc2)Nc2ccccc2-3)cc1. The number of nitrogens with zero attached hydrogens (tertiary/aromatic N) is 3. The maximum atomic E-state index is 10.8. The molecule has 0 spiro atoms. The maximum absolute atomic E-state index is 10.8. The van der Waals surface area contributed by atoms with E-state index in [0.29, 0.717) is 22.5 Å². The molecule has 2 heterocycles. The summed E-state index contributed by atoms with van der Waals surface area (Å²) in [7, 11) is 0. The normalized spacial score (nSPS) is 14.0. The standard InChI is InChI=1S/C26H22N4O4S/c1-16-6-8-17(9-7-16)15-35-26-28-25-23(29-30-26)20-4-2-3-5-21(20)27-24(34-25)18-10-12-19(13-11-18)33-14-22(31)32/h2-13,24,27H,14-15H2,1H3,(H,31,32)/t24-/m0/s1. The van der Waals surface area contributed by atoms with Crippen LogP contribution >= 0.6 is 11.8 Å². The van der Waals surface area contributed by atoms with Gasteiger partial charge in [-0.05, 0) is 42.8 Å². The third kappa shape index (κ3) is 5.36. The number of ether oxygens (including phenoxy) is 2. The van der Waals surface area contributed by atoms with Crippen molar-refractivity contribution in [2.24, 2.45) is 0 Å². The summed E-state index contributed by atoms with van der Waals surface area (Å²) in [5.41, 5.74) is 5.48. The number of fused-ring (bicyclic) bond motifs is 3. The van der Waals surface area contributed by atoms with Crippen LogP contribution in [0.3, 0.4) is 0 Å². The highest BCUT2D eigenvalue weighted by Crippen LogP contribution is 2.39. The average Bonchev–Trinajstić information content (AvgIpc) is 3.04. The predicted octanol–water partition coefficient (Wildman–Crippen LogP) is 5.11. The highest BCUT2D eigenvalue weighted by Gasteiger charge is 2.26. The number of thioether (sulfide) groups is 1. The number of benzene rings is 3. The fourth-order valence-electron chi connectivity index (χ4n) is 3.58. The van der Waals surface area contributed by atoms with Crippen LogP contribution in [0, 0.1) is 6.92 Å². The van der Waals surface area contributed by atoms with Crippen LogP contribution < -0.4 is 14.8 Å². The van der Waals surface area contributed by atoms with E-state index in [9.17, 15) is 4.79 Å². The Hall–Kier alpha value is -4.11. The lowest BCUT2D eigenvalue weighted by atomic mass is 10.1. The number of aliphatic carboxylic acids is 1. The van der Waals surface area contributed by atoms with E-state index in [4.69, 9.17) is 14.6 Å². The summed E-state index contributed by atoms with van der Waals surface area (Å²) in [5, 5.41) is 21.5. The lowest BCUT2D eigenvalue weighted by Crippen LogP contribution is -2.17. The molecule has 0 unspecified atom stereocenters. The zero-order chi connectivity index (χ0) is 24.2. The fourth-order valence-corrected chi connectivity index (χ4v) is 4.31. The van der Waals surface area contributed by atoms with Crippen LogP contribution in [0.15, 0.2) is 78.0 Å². The Bertz CT molecular complexity index is 1350. The number of carboxylic acids is 1. The molecule has 4 aromatic rings. The van der Waals surface area contributed by atoms with E-state index < -0.39 is 18.8 Å². The predicted molar refractivity (Wildman–Crippen MR) is 133 cm³/mol. The van der Waals surface area contributed by atoms with Crippen molar-refractivity contribution in [3.05, 3.63) is 89.5 Å². The minimum Gasteiger partial charge on any atom is -0.482 e. The molecule has 1 aliphatic rings. The number of para-hydroxylation sites is 1. The van der Waals surface area contributed by atoms with Crippen LogP contribution in [0.25, 0.3) is 11.3 Å². The number of rotatable bonds is 7. The Labute approximate surface area is 206 Å². The third-order valence-electron chi connectivity index (χ3n) is 5.37. The van der Waals surface area contributed by atoms with Gasteiger partial charge in [-0.2, -0.15) is 4.98 Å². The topological polar surface area (TPSA) is 106 Å². The molecular formula is C26H22N4O4S. The van der Waals surface area contributed by atoms with Crippen molar-refractivity contribution >= 4 is 23.4 Å². The number of carboxylic acid groups (broad SMARTS) is 1. The Kier molecular flexibility index (Phi) is 6.49. The molecule has 0 bridgehead atoms. The highest BCUT2D eigenvalue weighted by atomic mass is 32.2. The Morgan fingerprint density at radius 3 is 2.60 bits per heavy atom. The van der Waals surface area contributed by atoms with Gasteiger partial charge in [-0.15, -0.1) is 10.2 Å². The zero-order valence-electron chi connectivity index (χ0n) is 18.8. The van der Waals surface area contributed by atoms with Crippen LogP contribution in [-0.4, -0.2) is 32.9 Å². The molecule has 1 atom stereocenters. The van der Waals surface area contributed by atoms with Gasteiger partial charge in [-0.25, -0.2) is 4.79 Å². The largest absolute Gasteiger partial charge is 0.482 e. The molecular weight excluding hydrogens is 464 g/mol. The Balaban J connectivity index is 1.41. The summed E-state index contributed by atoms with van der Waals surface area (Å²) in [6, 6.07) is 23.2. The van der Waals surface area contributed by atoms with E-state index in [1.54, 1.807) is 12.1 Å². The second kappa shape index (κ2) is 10.0. The summed E-state index contributed by atoms with van der Waals surface area (Å²) in [6.45, 7) is 1.66. The minimum atomic E-state index is -1.03. The van der Waals surface area contributed by atoms with Crippen LogP contribution in [0.4, 0.5) is 5.69 Å². The smallest absolute Gasteiger partial charge is 0.341 e. The lowest BCUT2D eigenvalue weighted by Gasteiger charge is -2.19. The molecule has 0 aliphatic carbocycles. The minimum absolute atomic E-state index is 0.389. The van der Waals surface area contributed by atoms with E-state index in [1.807, 2.05) is 36.4 Å². The first-order valence-electron chi connectivity index (χ1n) is 11.0. The molecule has 1 aliphatic heterocycles. The summed E-state index contributed by atoms with van der Waals surface area (Å²) in [6.07, 6.45) is -0.544. The van der Waals surface area contributed by atoms with Gasteiger partial charge in [0, 0.05) is 22.6 Å². The van der Waals surface area contributed by atoms with Gasteiger partial charge in [-0.1, -0.05) is 59.8 Å². The number of carbonyl (C=O) groups is 1. The Morgan fingerprint density at radius 1 is 1.06 bits per heavy atom. The molecule has 0 saturated heterocycles. The van der Waals surface area contributed by atoms with Gasteiger partial charge in [-0.3, -0.25) is 0 Å². The molecule has 0 fully saturated rings. The van der Waals surface area contributed by atoms with Crippen molar-refractivity contribution in [3.63, 3.8) is 0 Å². The van der Waals surface area contributed by atoms with Gasteiger partial charge in [0.15, 0.2) is 18.5 Å². The van der Waals surface area contributed by atoms with Crippen molar-refractivity contribution in [2.45, 2.75) is 24.1 Å². The maximum Gasteiger partial charge on any atom is 0.341 e. The highest BCUT2D eigenvalue weighted by molar-refractivity contribution is 7.98. The second-order valence-corrected chi connectivity index (χ2v) is 8.90. The molecule has 176 valence electrons. The molecule has 3 aromatic carbocycles. The zero-order valence-corrected chi connectivity index (χ0v) is 19.7. The molecule has 0 radical (unpaired) electrons. The number of aryl methyl sites for hydroxylation is 1. The molecule has 35 heavy (non-hydrogen) atoms. The number of aromatic nitrogens is 3. The van der Waals surface area contributed by atoms with Crippen LogP contribution in [-0.2, 0) is 10.5 Å². The average molecular weight is 487 g/mol. The van der Waals surface area contributed by atoms with Crippen molar-refractivity contribution in [2.75, 3.05) is 11.9 Å². The van der Waals surface area contributed by atoms with E-state index in [-0.39, 0.29) is 0 Å². The van der Waals surface area contributed by atoms with Gasteiger partial charge in [0.1, 0.15) is 5.75 Å². The molecule has 2 N–H and O–H groups in total. The first-order chi connectivity index (χ1) is 17.0. The van der Waals surface area contributed by atoms with Crippen molar-refractivity contribution in [1.29, 1.82) is 0 Å². The molecule has 0 amide bonds. The fraction of sp³-hybridized carbons (Fsp3) is 0.154. The van der Waals surface area contributed by atoms with Crippen LogP contribution in [0.5, 0.6) is 11.6 Å². The molecule has 9 heteroatoms. The number of hydrogen-bond donors (Lipinski definition) is 2. The third-order valence-corrected chi connectivity index (χ3v) is 6.28. The summed E-state index contributed by atoms with van der Waals surface area (Å²) < 4.78 is 11.5. The molecule has 8 nitrogen and oxygen atoms in total. The lowest BCUT2D eigenvalue weighted by molar-refractivity contribution is -0.139. The van der Waals surface area contributed by atoms with Crippen LogP contribution in [0.1, 0.15) is 22.9 Å². The van der Waals surface area contributed by atoms with Gasteiger partial charge in [0.2, 0.25) is 11.0 Å². The first kappa shape index (κ1) is 22.7. The second-order valence-electron chi connectivity index (χ2n) is 7.96.